The van der Waals surface area contributed by atoms with Crippen molar-refractivity contribution in [3.8, 4) is 0 Å². The van der Waals surface area contributed by atoms with Crippen LogP contribution in [0.3, 0.4) is 0 Å². The van der Waals surface area contributed by atoms with Crippen molar-refractivity contribution >= 4 is 84.3 Å². The van der Waals surface area contributed by atoms with Gasteiger partial charge in [-0.25, -0.2) is 0 Å². The molecular formula is C22H22S4. The van der Waals surface area contributed by atoms with E-state index in [1.807, 2.05) is 45.3 Å². The van der Waals surface area contributed by atoms with Crippen LogP contribution in [-0.4, -0.2) is 0 Å². The number of hydrogen-bond donors (Lipinski definition) is 0. The van der Waals surface area contributed by atoms with Gasteiger partial charge in [0, 0.05) is 34.4 Å². The lowest BCUT2D eigenvalue weighted by Gasteiger charge is -1.99. The van der Waals surface area contributed by atoms with Crippen molar-refractivity contribution in [2.75, 3.05) is 0 Å². The third kappa shape index (κ3) is 3.01. The number of hydrogen-bond acceptors (Lipinski definition) is 4. The van der Waals surface area contributed by atoms with E-state index in [4.69, 9.17) is 0 Å². The first-order valence-corrected chi connectivity index (χ1v) is 12.9. The molecule has 5 rings (SSSR count). The summed E-state index contributed by atoms with van der Waals surface area (Å²) >= 11 is 7.84. The van der Waals surface area contributed by atoms with Crippen LogP contribution in [0.1, 0.15) is 50.3 Å². The first-order valence-electron chi connectivity index (χ1n) is 9.58. The quantitative estimate of drug-likeness (QED) is 0.233. The molecule has 0 aliphatic carbocycles. The van der Waals surface area contributed by atoms with E-state index in [-0.39, 0.29) is 0 Å². The summed E-state index contributed by atoms with van der Waals surface area (Å²) < 4.78 is 8.82. The minimum atomic E-state index is 1.26. The van der Waals surface area contributed by atoms with E-state index < -0.39 is 0 Å². The maximum absolute atomic E-state index is 2.46. The van der Waals surface area contributed by atoms with Crippen LogP contribution in [0, 0.1) is 0 Å². The fourth-order valence-electron chi connectivity index (χ4n) is 3.78. The van der Waals surface area contributed by atoms with Crippen molar-refractivity contribution in [3.63, 3.8) is 0 Å². The summed E-state index contributed by atoms with van der Waals surface area (Å²) in [5, 5.41) is 5.15. The van der Waals surface area contributed by atoms with Crippen LogP contribution in [0.2, 0.25) is 0 Å². The third-order valence-corrected chi connectivity index (χ3v) is 9.82. The number of aryl methyl sites for hydroxylation is 1. The summed E-state index contributed by atoms with van der Waals surface area (Å²) in [6.45, 7) is 2.29. The second kappa shape index (κ2) is 7.23. The summed E-state index contributed by atoms with van der Waals surface area (Å²) in [6, 6.07) is 9.61. The molecule has 26 heavy (non-hydrogen) atoms. The van der Waals surface area contributed by atoms with E-state index in [9.17, 15) is 0 Å². The zero-order valence-electron chi connectivity index (χ0n) is 15.0. The zero-order valence-corrected chi connectivity index (χ0v) is 18.2. The molecule has 0 aliphatic rings. The largest absolute Gasteiger partial charge is 0.142 e. The highest BCUT2D eigenvalue weighted by molar-refractivity contribution is 7.34. The van der Waals surface area contributed by atoms with Crippen LogP contribution in [0.4, 0.5) is 0 Å². The Morgan fingerprint density at radius 3 is 2.35 bits per heavy atom. The second-order valence-corrected chi connectivity index (χ2v) is 11.3. The number of benzene rings is 1. The van der Waals surface area contributed by atoms with Crippen LogP contribution in [0.25, 0.3) is 39.0 Å². The van der Waals surface area contributed by atoms with E-state index in [0.717, 1.165) is 0 Å². The van der Waals surface area contributed by atoms with E-state index >= 15 is 0 Å². The van der Waals surface area contributed by atoms with Gasteiger partial charge in [-0.05, 0) is 42.5 Å². The molecule has 1 aromatic carbocycles. The molecule has 0 unspecified atom stereocenters. The van der Waals surface area contributed by atoms with Crippen molar-refractivity contribution in [2.45, 2.75) is 51.9 Å². The monoisotopic (exact) mass is 414 g/mol. The van der Waals surface area contributed by atoms with Gasteiger partial charge in [-0.2, -0.15) is 0 Å². The molecule has 5 aromatic rings. The number of unbranched alkanes of at least 4 members (excludes halogenated alkanes) is 5. The Hall–Kier alpha value is -0.940. The molecule has 4 heteroatoms. The van der Waals surface area contributed by atoms with Crippen molar-refractivity contribution < 1.29 is 0 Å². The Labute approximate surface area is 170 Å². The highest BCUT2D eigenvalue weighted by atomic mass is 32.1. The molecule has 4 aromatic heterocycles. The molecule has 0 fully saturated rings. The Morgan fingerprint density at radius 1 is 0.692 bits per heavy atom. The minimum absolute atomic E-state index is 1.26. The van der Waals surface area contributed by atoms with Crippen LogP contribution in [0.15, 0.2) is 29.6 Å². The van der Waals surface area contributed by atoms with Gasteiger partial charge < -0.3 is 0 Å². The average Bonchev–Trinajstić information content (AvgIpc) is 3.36. The molecule has 0 aliphatic heterocycles. The number of thiophene rings is 4. The second-order valence-electron chi connectivity index (χ2n) is 7.09. The lowest BCUT2D eigenvalue weighted by molar-refractivity contribution is 0.609. The van der Waals surface area contributed by atoms with Gasteiger partial charge in [0.25, 0.3) is 0 Å². The fourth-order valence-corrected chi connectivity index (χ4v) is 8.72. The highest BCUT2D eigenvalue weighted by Gasteiger charge is 2.13. The van der Waals surface area contributed by atoms with E-state index in [1.165, 1.54) is 83.9 Å². The molecule has 0 spiro atoms. The third-order valence-electron chi connectivity index (χ3n) is 5.17. The lowest BCUT2D eigenvalue weighted by atomic mass is 10.1. The van der Waals surface area contributed by atoms with Gasteiger partial charge in [-0.3, -0.25) is 0 Å². The van der Waals surface area contributed by atoms with Crippen molar-refractivity contribution in [3.05, 3.63) is 34.5 Å². The minimum Gasteiger partial charge on any atom is -0.142 e. The van der Waals surface area contributed by atoms with Crippen LogP contribution >= 0.6 is 45.3 Å². The molecule has 0 N–H and O–H groups in total. The molecule has 0 radical (unpaired) electrons. The normalized spacial score (nSPS) is 12.3. The van der Waals surface area contributed by atoms with Crippen molar-refractivity contribution in [2.24, 2.45) is 0 Å². The molecular weight excluding hydrogens is 393 g/mol. The van der Waals surface area contributed by atoms with E-state index in [1.54, 1.807) is 4.88 Å². The zero-order chi connectivity index (χ0) is 17.5. The molecule has 0 saturated carbocycles. The molecule has 0 bridgehead atoms. The Balaban J connectivity index is 1.43. The summed E-state index contributed by atoms with van der Waals surface area (Å²) in [5.41, 5.74) is 0. The Kier molecular flexibility index (Phi) is 4.78. The lowest BCUT2D eigenvalue weighted by Crippen LogP contribution is -1.82. The molecule has 0 atom stereocenters. The summed E-state index contributed by atoms with van der Waals surface area (Å²) in [6.07, 6.45) is 9.55. The maximum atomic E-state index is 2.46. The van der Waals surface area contributed by atoms with Crippen LogP contribution in [0.5, 0.6) is 0 Å². The van der Waals surface area contributed by atoms with Gasteiger partial charge in [-0.1, -0.05) is 39.0 Å². The van der Waals surface area contributed by atoms with E-state index in [2.05, 4.69) is 36.6 Å². The Morgan fingerprint density at radius 2 is 1.46 bits per heavy atom. The van der Waals surface area contributed by atoms with Crippen molar-refractivity contribution in [1.29, 1.82) is 0 Å². The van der Waals surface area contributed by atoms with E-state index in [0.29, 0.717) is 0 Å². The molecule has 4 heterocycles. The summed E-state index contributed by atoms with van der Waals surface area (Å²) in [4.78, 5) is 1.58. The first kappa shape index (κ1) is 17.2. The maximum Gasteiger partial charge on any atom is 0.0532 e. The van der Waals surface area contributed by atoms with Crippen molar-refractivity contribution in [1.82, 2.24) is 0 Å². The fraction of sp³-hybridized carbons (Fsp3) is 0.364. The highest BCUT2D eigenvalue weighted by Crippen LogP contribution is 2.45. The van der Waals surface area contributed by atoms with Gasteiger partial charge in [0.1, 0.15) is 0 Å². The SMILES string of the molecule is CCCCCCCCc1cc2sc3cc4sc5ccsc5c4cc3c2s1. The summed E-state index contributed by atoms with van der Waals surface area (Å²) in [5.74, 6) is 0. The first-order chi connectivity index (χ1) is 12.8. The number of rotatable bonds is 7. The predicted molar refractivity (Wildman–Crippen MR) is 125 cm³/mol. The standard InChI is InChI=1S/C22H22S4/c1-2-3-4-5-6-7-8-14-11-20-22(24-14)16-12-15-18(13-19(16)26-20)25-17-9-10-23-21(15)17/h9-13H,2-8H2,1H3. The van der Waals surface area contributed by atoms with Crippen LogP contribution in [-0.2, 0) is 6.42 Å². The molecule has 0 saturated heterocycles. The van der Waals surface area contributed by atoms with Gasteiger partial charge in [-0.15, -0.1) is 45.3 Å². The van der Waals surface area contributed by atoms with Gasteiger partial charge in [0.05, 0.1) is 9.40 Å². The van der Waals surface area contributed by atoms with Crippen LogP contribution < -0.4 is 0 Å². The summed E-state index contributed by atoms with van der Waals surface area (Å²) in [7, 11) is 0. The smallest absolute Gasteiger partial charge is 0.0532 e. The predicted octanol–water partition coefficient (Wildman–Crippen LogP) is 9.45. The average molecular weight is 415 g/mol. The van der Waals surface area contributed by atoms with Gasteiger partial charge >= 0.3 is 0 Å². The molecule has 134 valence electrons. The molecule has 0 amide bonds. The van der Waals surface area contributed by atoms with Gasteiger partial charge in [0.15, 0.2) is 0 Å². The van der Waals surface area contributed by atoms with Gasteiger partial charge in [0.2, 0.25) is 0 Å². The topological polar surface area (TPSA) is 0 Å². The Bertz CT molecular complexity index is 1180. The number of fused-ring (bicyclic) bond motifs is 6. The molecule has 0 nitrogen and oxygen atoms in total.